The minimum absolute atomic E-state index is 0. The Morgan fingerprint density at radius 2 is 1.13 bits per heavy atom. The molecule has 0 atom stereocenters. The molecule has 0 amide bonds. The summed E-state index contributed by atoms with van der Waals surface area (Å²) in [5.74, 6) is 0. The topological polar surface area (TPSA) is 25.8 Å². The van der Waals surface area contributed by atoms with E-state index in [1.165, 1.54) is 0 Å². The first-order valence-corrected chi connectivity index (χ1v) is 4.53. The van der Waals surface area contributed by atoms with Gasteiger partial charge in [-0.3, -0.25) is 9.97 Å². The molecule has 0 fully saturated rings. The van der Waals surface area contributed by atoms with Crippen molar-refractivity contribution in [2.75, 3.05) is 0 Å². The van der Waals surface area contributed by atoms with E-state index in [-0.39, 0.29) is 12.4 Å². The number of aromatic nitrogens is 2. The highest BCUT2D eigenvalue weighted by Gasteiger charge is 2.00. The van der Waals surface area contributed by atoms with E-state index < -0.39 is 0 Å². The predicted octanol–water partition coefficient (Wildman–Crippen LogP) is 3.20. The Labute approximate surface area is 93.4 Å². The molecule has 0 aliphatic heterocycles. The van der Waals surface area contributed by atoms with Crippen molar-refractivity contribution in [2.24, 2.45) is 0 Å². The molecule has 2 aromatic heterocycles. The third kappa shape index (κ3) is 1.53. The van der Waals surface area contributed by atoms with Crippen LogP contribution in [0.2, 0.25) is 0 Å². The molecule has 2 nitrogen and oxygen atoms in total. The fraction of sp³-hybridized carbons (Fsp3) is 0. The van der Waals surface area contributed by atoms with Gasteiger partial charge in [0.2, 0.25) is 0 Å². The van der Waals surface area contributed by atoms with Crippen molar-refractivity contribution in [3.05, 3.63) is 48.8 Å². The molecule has 0 N–H and O–H groups in total. The molecule has 0 radical (unpaired) electrons. The molecule has 2 heterocycles. The monoisotopic (exact) mass is 216 g/mol. The van der Waals surface area contributed by atoms with Crippen LogP contribution < -0.4 is 0 Å². The van der Waals surface area contributed by atoms with Gasteiger partial charge < -0.3 is 0 Å². The summed E-state index contributed by atoms with van der Waals surface area (Å²) in [5, 5.41) is 2.28. The molecule has 0 saturated heterocycles. The van der Waals surface area contributed by atoms with Crippen LogP contribution in [0.3, 0.4) is 0 Å². The molecule has 0 bridgehead atoms. The zero-order valence-electron chi connectivity index (χ0n) is 7.92. The quantitative estimate of drug-likeness (QED) is 0.540. The van der Waals surface area contributed by atoms with Crippen molar-refractivity contribution in [1.29, 1.82) is 0 Å². The van der Waals surface area contributed by atoms with E-state index in [0.29, 0.717) is 0 Å². The van der Waals surface area contributed by atoms with Crippen molar-refractivity contribution in [3.63, 3.8) is 0 Å². The van der Waals surface area contributed by atoms with Crippen LogP contribution in [0.1, 0.15) is 0 Å². The van der Waals surface area contributed by atoms with E-state index in [1.54, 1.807) is 12.4 Å². The molecule has 0 spiro atoms. The molecular formula is C12H9ClN2. The second-order valence-electron chi connectivity index (χ2n) is 3.22. The fourth-order valence-corrected chi connectivity index (χ4v) is 1.68. The molecule has 3 aromatic rings. The Morgan fingerprint density at radius 3 is 1.60 bits per heavy atom. The molecule has 3 heteroatoms. The van der Waals surface area contributed by atoms with Gasteiger partial charge in [0.1, 0.15) is 0 Å². The normalized spacial score (nSPS) is 10.1. The maximum atomic E-state index is 4.35. The van der Waals surface area contributed by atoms with Crippen LogP contribution in [0.4, 0.5) is 0 Å². The SMILES string of the molecule is Cl.c1cnc2c(c1)ccc1cccnc12. The number of hydrogen-bond acceptors (Lipinski definition) is 2. The summed E-state index contributed by atoms with van der Waals surface area (Å²) in [6.45, 7) is 0. The van der Waals surface area contributed by atoms with Gasteiger partial charge in [0.15, 0.2) is 0 Å². The molecule has 1 aromatic carbocycles. The Kier molecular flexibility index (Phi) is 2.52. The number of benzene rings is 1. The molecule has 0 saturated carbocycles. The minimum Gasteiger partial charge on any atom is -0.254 e. The average Bonchev–Trinajstić information content (AvgIpc) is 2.29. The molecular weight excluding hydrogens is 208 g/mol. The number of fused-ring (bicyclic) bond motifs is 3. The van der Waals surface area contributed by atoms with E-state index in [2.05, 4.69) is 34.2 Å². The van der Waals surface area contributed by atoms with E-state index in [1.807, 2.05) is 12.1 Å². The number of hydrogen-bond donors (Lipinski definition) is 0. The summed E-state index contributed by atoms with van der Waals surface area (Å²) in [7, 11) is 0. The second-order valence-corrected chi connectivity index (χ2v) is 3.22. The van der Waals surface area contributed by atoms with Gasteiger partial charge in [-0.1, -0.05) is 24.3 Å². The lowest BCUT2D eigenvalue weighted by Gasteiger charge is -2.00. The molecule has 15 heavy (non-hydrogen) atoms. The van der Waals surface area contributed by atoms with E-state index in [9.17, 15) is 0 Å². The highest BCUT2D eigenvalue weighted by atomic mass is 35.5. The van der Waals surface area contributed by atoms with Crippen molar-refractivity contribution in [2.45, 2.75) is 0 Å². The van der Waals surface area contributed by atoms with E-state index in [4.69, 9.17) is 0 Å². The van der Waals surface area contributed by atoms with Gasteiger partial charge in [0, 0.05) is 23.2 Å². The van der Waals surface area contributed by atoms with Crippen molar-refractivity contribution in [1.82, 2.24) is 9.97 Å². The Morgan fingerprint density at radius 1 is 0.667 bits per heavy atom. The van der Waals surface area contributed by atoms with Crippen LogP contribution in [0.5, 0.6) is 0 Å². The van der Waals surface area contributed by atoms with Crippen LogP contribution in [0.15, 0.2) is 48.8 Å². The van der Waals surface area contributed by atoms with Gasteiger partial charge >= 0.3 is 0 Å². The number of rotatable bonds is 0. The lowest BCUT2D eigenvalue weighted by atomic mass is 10.1. The maximum absolute atomic E-state index is 4.35. The van der Waals surface area contributed by atoms with Gasteiger partial charge in [0.05, 0.1) is 11.0 Å². The molecule has 3 rings (SSSR count). The first kappa shape index (κ1) is 9.87. The zero-order valence-corrected chi connectivity index (χ0v) is 8.74. The first-order valence-electron chi connectivity index (χ1n) is 4.53. The molecule has 0 aliphatic rings. The standard InChI is InChI=1S/C12H8N2.ClH/c1-3-9-5-6-10-4-2-8-14-12(10)11(9)13-7-1;/h1-8H;1H. The van der Waals surface area contributed by atoms with E-state index in [0.717, 1.165) is 21.8 Å². The predicted molar refractivity (Wildman–Crippen MR) is 64.3 cm³/mol. The van der Waals surface area contributed by atoms with Crippen LogP contribution in [-0.4, -0.2) is 9.97 Å². The maximum Gasteiger partial charge on any atom is 0.0964 e. The molecule has 0 unspecified atom stereocenters. The summed E-state index contributed by atoms with van der Waals surface area (Å²) < 4.78 is 0. The van der Waals surface area contributed by atoms with Crippen LogP contribution >= 0.6 is 12.4 Å². The smallest absolute Gasteiger partial charge is 0.0964 e. The molecule has 0 aliphatic carbocycles. The minimum atomic E-state index is 0. The van der Waals surface area contributed by atoms with Gasteiger partial charge in [0.25, 0.3) is 0 Å². The van der Waals surface area contributed by atoms with Crippen LogP contribution in [0, 0.1) is 0 Å². The summed E-state index contributed by atoms with van der Waals surface area (Å²) in [6.07, 6.45) is 3.60. The summed E-state index contributed by atoms with van der Waals surface area (Å²) in [5.41, 5.74) is 1.95. The van der Waals surface area contributed by atoms with Crippen LogP contribution in [-0.2, 0) is 0 Å². The third-order valence-electron chi connectivity index (χ3n) is 2.34. The lowest BCUT2D eigenvalue weighted by molar-refractivity contribution is 1.37. The van der Waals surface area contributed by atoms with Gasteiger partial charge in [-0.25, -0.2) is 0 Å². The Hall–Kier alpha value is -1.67. The van der Waals surface area contributed by atoms with E-state index >= 15 is 0 Å². The second kappa shape index (κ2) is 3.83. The number of nitrogens with zero attached hydrogens (tertiary/aromatic N) is 2. The first-order chi connectivity index (χ1) is 6.95. The Bertz CT molecular complexity index is 553. The zero-order chi connectivity index (χ0) is 9.38. The summed E-state index contributed by atoms with van der Waals surface area (Å²) >= 11 is 0. The number of halogens is 1. The summed E-state index contributed by atoms with van der Waals surface area (Å²) in [4.78, 5) is 8.69. The average molecular weight is 217 g/mol. The van der Waals surface area contributed by atoms with Crippen molar-refractivity contribution < 1.29 is 0 Å². The van der Waals surface area contributed by atoms with Crippen LogP contribution in [0.25, 0.3) is 21.8 Å². The summed E-state index contributed by atoms with van der Waals surface area (Å²) in [6, 6.07) is 12.1. The van der Waals surface area contributed by atoms with Gasteiger partial charge in [-0.15, -0.1) is 12.4 Å². The fourth-order valence-electron chi connectivity index (χ4n) is 1.68. The molecule has 74 valence electrons. The number of pyridine rings is 2. The Balaban J connectivity index is 0.000000853. The van der Waals surface area contributed by atoms with Gasteiger partial charge in [-0.05, 0) is 12.1 Å². The largest absolute Gasteiger partial charge is 0.254 e. The van der Waals surface area contributed by atoms with Crippen molar-refractivity contribution in [3.8, 4) is 0 Å². The lowest BCUT2D eigenvalue weighted by Crippen LogP contribution is -1.83. The van der Waals surface area contributed by atoms with Crippen molar-refractivity contribution >= 4 is 34.2 Å². The van der Waals surface area contributed by atoms with Gasteiger partial charge in [-0.2, -0.15) is 0 Å². The third-order valence-corrected chi connectivity index (χ3v) is 2.34. The highest BCUT2D eigenvalue weighted by molar-refractivity contribution is 6.02. The highest BCUT2D eigenvalue weighted by Crippen LogP contribution is 2.20.